The first-order valence-corrected chi connectivity index (χ1v) is 16.2. The van der Waals surface area contributed by atoms with E-state index in [0.29, 0.717) is 39.2 Å². The Morgan fingerprint density at radius 2 is 1.50 bits per heavy atom. The van der Waals surface area contributed by atoms with Crippen LogP contribution in [0.15, 0.2) is 65.6 Å². The van der Waals surface area contributed by atoms with Crippen molar-refractivity contribution in [3.05, 3.63) is 92.4 Å². The van der Waals surface area contributed by atoms with E-state index in [1.54, 1.807) is 43.3 Å². The van der Waals surface area contributed by atoms with Gasteiger partial charge in [0.15, 0.2) is 0 Å². The van der Waals surface area contributed by atoms with E-state index in [0.717, 1.165) is 15.4 Å². The quantitative estimate of drug-likeness (QED) is 0.225. The van der Waals surface area contributed by atoms with Gasteiger partial charge in [-0.3, -0.25) is 13.9 Å². The van der Waals surface area contributed by atoms with E-state index in [4.69, 9.17) is 34.8 Å². The molecule has 0 aromatic heterocycles. The Hall–Kier alpha value is -2.78. The van der Waals surface area contributed by atoms with Crippen molar-refractivity contribution >= 4 is 62.3 Å². The fraction of sp³-hybridized carbons (Fsp3) is 0.355. The Kier molecular flexibility index (Phi) is 11.7. The Bertz CT molecular complexity index is 1530. The number of nitrogens with one attached hydrogen (secondary N) is 1. The van der Waals surface area contributed by atoms with E-state index in [-0.39, 0.29) is 23.4 Å². The highest BCUT2D eigenvalue weighted by Gasteiger charge is 2.34. The van der Waals surface area contributed by atoms with Crippen LogP contribution >= 0.6 is 34.8 Å². The molecule has 0 saturated carbocycles. The van der Waals surface area contributed by atoms with Gasteiger partial charge in [-0.05, 0) is 98.8 Å². The standard InChI is InChI=1S/C31H36Cl3N3O4S/c1-6-22(5)35-31(39)29(7-2)36(18-23-9-10-25(33)17-28(23)34)30(38)19-37(26-13-8-20(3)21(4)16-26)42(40,41)27-14-11-24(32)12-15-27/h8-17,22,29H,6-7,18-19H2,1-5H3,(H,35,39)/t22-,29-/m0/s1. The van der Waals surface area contributed by atoms with Gasteiger partial charge in [-0.2, -0.15) is 0 Å². The third kappa shape index (κ3) is 8.19. The maximum Gasteiger partial charge on any atom is 0.264 e. The molecule has 2 amide bonds. The van der Waals surface area contributed by atoms with Crippen molar-refractivity contribution in [2.24, 2.45) is 0 Å². The van der Waals surface area contributed by atoms with Crippen molar-refractivity contribution in [1.82, 2.24) is 10.2 Å². The maximum atomic E-state index is 14.2. The molecule has 2 atom stereocenters. The number of amides is 2. The monoisotopic (exact) mass is 651 g/mol. The lowest BCUT2D eigenvalue weighted by Gasteiger charge is -2.34. The van der Waals surface area contributed by atoms with E-state index >= 15 is 0 Å². The lowest BCUT2D eigenvalue weighted by atomic mass is 10.1. The number of carbonyl (C=O) groups is 2. The summed E-state index contributed by atoms with van der Waals surface area (Å²) in [5, 5.41) is 4.10. The summed E-state index contributed by atoms with van der Waals surface area (Å²) in [4.78, 5) is 29.0. The molecule has 0 saturated heterocycles. The van der Waals surface area contributed by atoms with Crippen LogP contribution in [-0.2, 0) is 26.2 Å². The highest BCUT2D eigenvalue weighted by Crippen LogP contribution is 2.28. The summed E-state index contributed by atoms with van der Waals surface area (Å²) < 4.78 is 29.1. The van der Waals surface area contributed by atoms with Crippen LogP contribution in [0.4, 0.5) is 5.69 Å². The Labute approximate surface area is 263 Å². The Morgan fingerprint density at radius 1 is 0.857 bits per heavy atom. The number of nitrogens with zero attached hydrogens (tertiary/aromatic N) is 2. The van der Waals surface area contributed by atoms with Gasteiger partial charge in [0.25, 0.3) is 10.0 Å². The molecule has 0 aliphatic carbocycles. The summed E-state index contributed by atoms with van der Waals surface area (Å²) in [6.07, 6.45) is 1.01. The molecule has 0 fully saturated rings. The van der Waals surface area contributed by atoms with Gasteiger partial charge in [-0.1, -0.05) is 60.8 Å². The summed E-state index contributed by atoms with van der Waals surface area (Å²) in [5.74, 6) is -0.897. The van der Waals surface area contributed by atoms with Crippen LogP contribution in [0.5, 0.6) is 0 Å². The SMILES string of the molecule is CC[C@H](C)NC(=O)[C@H](CC)N(Cc1ccc(Cl)cc1Cl)C(=O)CN(c1ccc(C)c(C)c1)S(=O)(=O)c1ccc(Cl)cc1. The molecule has 0 radical (unpaired) electrons. The third-order valence-electron chi connectivity index (χ3n) is 7.20. The topological polar surface area (TPSA) is 86.8 Å². The molecule has 3 rings (SSSR count). The van der Waals surface area contributed by atoms with Crippen molar-refractivity contribution in [1.29, 1.82) is 0 Å². The zero-order valence-electron chi connectivity index (χ0n) is 24.3. The second kappa shape index (κ2) is 14.6. The first-order valence-electron chi connectivity index (χ1n) is 13.7. The number of hydrogen-bond donors (Lipinski definition) is 1. The molecule has 3 aromatic carbocycles. The molecule has 0 spiro atoms. The van der Waals surface area contributed by atoms with E-state index in [1.165, 1.54) is 29.2 Å². The molecule has 0 unspecified atom stereocenters. The predicted octanol–water partition coefficient (Wildman–Crippen LogP) is 7.18. The first-order chi connectivity index (χ1) is 19.8. The largest absolute Gasteiger partial charge is 0.352 e. The minimum absolute atomic E-state index is 0.0215. The molecule has 0 aliphatic rings. The molecule has 226 valence electrons. The van der Waals surface area contributed by atoms with Crippen LogP contribution in [0.25, 0.3) is 0 Å². The van der Waals surface area contributed by atoms with E-state index < -0.39 is 28.5 Å². The molecule has 7 nitrogen and oxygen atoms in total. The normalized spacial score (nSPS) is 12.9. The molecule has 1 N–H and O–H groups in total. The number of anilines is 1. The molecular weight excluding hydrogens is 617 g/mol. The van der Waals surface area contributed by atoms with Crippen LogP contribution in [0.1, 0.15) is 50.3 Å². The predicted molar refractivity (Wildman–Crippen MR) is 171 cm³/mol. The number of benzene rings is 3. The molecule has 42 heavy (non-hydrogen) atoms. The highest BCUT2D eigenvalue weighted by atomic mass is 35.5. The van der Waals surface area contributed by atoms with E-state index in [2.05, 4.69) is 5.32 Å². The van der Waals surface area contributed by atoms with E-state index in [1.807, 2.05) is 27.7 Å². The molecule has 0 aliphatic heterocycles. The lowest BCUT2D eigenvalue weighted by Crippen LogP contribution is -2.53. The van der Waals surface area contributed by atoms with Crippen LogP contribution in [-0.4, -0.2) is 43.8 Å². The number of halogens is 3. The smallest absolute Gasteiger partial charge is 0.264 e. The number of rotatable bonds is 12. The summed E-state index contributed by atoms with van der Waals surface area (Å²) in [5.41, 5.74) is 2.73. The molecule has 0 bridgehead atoms. The van der Waals surface area contributed by atoms with Crippen LogP contribution in [0.2, 0.25) is 15.1 Å². The summed E-state index contributed by atoms with van der Waals surface area (Å²) in [6, 6.07) is 14.9. The van der Waals surface area contributed by atoms with Gasteiger partial charge in [0.05, 0.1) is 10.6 Å². The first kappa shape index (κ1) is 33.7. The number of sulfonamides is 1. The van der Waals surface area contributed by atoms with Gasteiger partial charge >= 0.3 is 0 Å². The molecule has 0 heterocycles. The van der Waals surface area contributed by atoms with Gasteiger partial charge in [0, 0.05) is 27.7 Å². The minimum atomic E-state index is -4.21. The maximum absolute atomic E-state index is 14.2. The zero-order valence-corrected chi connectivity index (χ0v) is 27.4. The summed E-state index contributed by atoms with van der Waals surface area (Å²) in [7, 11) is -4.21. The summed E-state index contributed by atoms with van der Waals surface area (Å²) in [6.45, 7) is 8.85. The molecule has 11 heteroatoms. The highest BCUT2D eigenvalue weighted by molar-refractivity contribution is 7.92. The second-order valence-electron chi connectivity index (χ2n) is 10.2. The number of hydrogen-bond acceptors (Lipinski definition) is 4. The average Bonchev–Trinajstić information content (AvgIpc) is 2.94. The fourth-order valence-corrected chi connectivity index (χ4v) is 6.34. The zero-order chi connectivity index (χ0) is 31.2. The number of carbonyl (C=O) groups excluding carboxylic acids is 2. The second-order valence-corrected chi connectivity index (χ2v) is 13.4. The van der Waals surface area contributed by atoms with Gasteiger partial charge in [-0.25, -0.2) is 8.42 Å². The molecule has 3 aromatic rings. The van der Waals surface area contributed by atoms with Crippen LogP contribution in [0, 0.1) is 13.8 Å². The Balaban J connectivity index is 2.11. The Morgan fingerprint density at radius 3 is 2.07 bits per heavy atom. The molecular formula is C31H36Cl3N3O4S. The van der Waals surface area contributed by atoms with Crippen molar-refractivity contribution in [3.8, 4) is 0 Å². The van der Waals surface area contributed by atoms with Crippen LogP contribution in [0.3, 0.4) is 0 Å². The van der Waals surface area contributed by atoms with Crippen molar-refractivity contribution < 1.29 is 18.0 Å². The average molecular weight is 653 g/mol. The number of aryl methyl sites for hydroxylation is 2. The third-order valence-corrected chi connectivity index (χ3v) is 9.83. The van der Waals surface area contributed by atoms with Crippen LogP contribution < -0.4 is 9.62 Å². The minimum Gasteiger partial charge on any atom is -0.352 e. The summed E-state index contributed by atoms with van der Waals surface area (Å²) >= 11 is 18.6. The van der Waals surface area contributed by atoms with E-state index in [9.17, 15) is 18.0 Å². The van der Waals surface area contributed by atoms with Gasteiger partial charge in [-0.15, -0.1) is 0 Å². The van der Waals surface area contributed by atoms with Crippen molar-refractivity contribution in [3.63, 3.8) is 0 Å². The van der Waals surface area contributed by atoms with Gasteiger partial charge in [0.2, 0.25) is 11.8 Å². The fourth-order valence-electron chi connectivity index (χ4n) is 4.34. The van der Waals surface area contributed by atoms with Crippen molar-refractivity contribution in [2.75, 3.05) is 10.8 Å². The van der Waals surface area contributed by atoms with Crippen molar-refractivity contribution in [2.45, 2.75) is 71.0 Å². The lowest BCUT2D eigenvalue weighted by molar-refractivity contribution is -0.140. The van der Waals surface area contributed by atoms with Gasteiger partial charge < -0.3 is 10.2 Å². The van der Waals surface area contributed by atoms with Gasteiger partial charge in [0.1, 0.15) is 12.6 Å².